The van der Waals surface area contributed by atoms with Gasteiger partial charge in [-0.15, -0.1) is 0 Å². The molecule has 1 aliphatic rings. The first-order chi connectivity index (χ1) is 9.75. The molecule has 0 saturated carbocycles. The summed E-state index contributed by atoms with van der Waals surface area (Å²) in [6, 6.07) is 9.72. The van der Waals surface area contributed by atoms with E-state index in [0.29, 0.717) is 19.0 Å². The number of ether oxygens (including phenoxy) is 1. The number of aliphatic carboxylic acids is 1. The monoisotopic (exact) mass is 294 g/mol. The predicted molar refractivity (Wildman–Crippen MR) is 80.6 cm³/mol. The Labute approximate surface area is 122 Å². The zero-order valence-corrected chi connectivity index (χ0v) is 12.0. The average Bonchev–Trinajstić information content (AvgIpc) is 2.48. The van der Waals surface area contributed by atoms with Crippen LogP contribution in [0.3, 0.4) is 0 Å². The van der Waals surface area contributed by atoms with Crippen LogP contribution in [0.4, 0.5) is 5.69 Å². The molecule has 0 aliphatic carbocycles. The third kappa shape index (κ3) is 4.86. The van der Waals surface area contributed by atoms with Gasteiger partial charge in [0.2, 0.25) is 0 Å². The molecule has 1 N–H and O–H groups in total. The van der Waals surface area contributed by atoms with Crippen LogP contribution in [0.1, 0.15) is 6.42 Å². The molecule has 0 bridgehead atoms. The zero-order chi connectivity index (χ0) is 14.2. The molecule has 0 atom stereocenters. The Bertz CT molecular complexity index is 459. The van der Waals surface area contributed by atoms with Gasteiger partial charge in [-0.05, 0) is 12.1 Å². The number of nitrogens with zero attached hydrogens (tertiary/aromatic N) is 2. The first-order valence-corrected chi connectivity index (χ1v) is 7.55. The fourth-order valence-electron chi connectivity index (χ4n) is 1.79. The molecule has 0 spiro atoms. The molecule has 1 aliphatic heterocycles. The Morgan fingerprint density at radius 2 is 2.00 bits per heavy atom. The topological polar surface area (TPSA) is 62.1 Å². The first kappa shape index (κ1) is 14.9. The maximum absolute atomic E-state index is 10.6. The van der Waals surface area contributed by atoms with Crippen molar-refractivity contribution < 1.29 is 14.6 Å². The van der Waals surface area contributed by atoms with E-state index >= 15 is 0 Å². The van der Waals surface area contributed by atoms with E-state index in [1.807, 2.05) is 30.3 Å². The van der Waals surface area contributed by atoms with Crippen molar-refractivity contribution in [3.63, 3.8) is 0 Å². The third-order valence-electron chi connectivity index (χ3n) is 2.81. The summed E-state index contributed by atoms with van der Waals surface area (Å²) < 4.78 is 5.34. The number of rotatable bonds is 4. The second kappa shape index (κ2) is 7.91. The number of amidine groups is 1. The van der Waals surface area contributed by atoms with Crippen LogP contribution >= 0.6 is 11.8 Å². The lowest BCUT2D eigenvalue weighted by Gasteiger charge is -2.29. The third-order valence-corrected chi connectivity index (χ3v) is 3.83. The van der Waals surface area contributed by atoms with E-state index in [1.165, 1.54) is 11.8 Å². The Hall–Kier alpha value is -1.53. The molecule has 108 valence electrons. The van der Waals surface area contributed by atoms with Gasteiger partial charge in [0.1, 0.15) is 0 Å². The Balaban J connectivity index is 2.06. The van der Waals surface area contributed by atoms with Crippen LogP contribution in [0.25, 0.3) is 0 Å². The number of hydrogen-bond acceptors (Lipinski definition) is 4. The van der Waals surface area contributed by atoms with Crippen LogP contribution in [0.15, 0.2) is 35.3 Å². The van der Waals surface area contributed by atoms with Crippen LogP contribution in [0.5, 0.6) is 0 Å². The van der Waals surface area contributed by atoms with Crippen LogP contribution in [0, 0.1) is 0 Å². The number of carboxylic acids is 1. The summed E-state index contributed by atoms with van der Waals surface area (Å²) in [6.07, 6.45) is 0.142. The standard InChI is InChI=1S/C14H18N2O3S/c17-13(18)6-11-20-14(16-7-9-19-10-8-16)15-12-4-2-1-3-5-12/h1-5H,6-11H2,(H,17,18). The quantitative estimate of drug-likeness (QED) is 0.681. The van der Waals surface area contributed by atoms with Crippen molar-refractivity contribution in [2.75, 3.05) is 32.1 Å². The van der Waals surface area contributed by atoms with E-state index < -0.39 is 5.97 Å². The van der Waals surface area contributed by atoms with E-state index in [1.54, 1.807) is 0 Å². The lowest BCUT2D eigenvalue weighted by molar-refractivity contribution is -0.136. The molecule has 1 aromatic carbocycles. The minimum absolute atomic E-state index is 0.142. The van der Waals surface area contributed by atoms with E-state index in [0.717, 1.165) is 23.9 Å². The molecule has 0 radical (unpaired) electrons. The van der Waals surface area contributed by atoms with Gasteiger partial charge in [0.25, 0.3) is 0 Å². The van der Waals surface area contributed by atoms with E-state index in [9.17, 15) is 4.79 Å². The molecule has 20 heavy (non-hydrogen) atoms. The average molecular weight is 294 g/mol. The largest absolute Gasteiger partial charge is 0.481 e. The highest BCUT2D eigenvalue weighted by molar-refractivity contribution is 8.13. The molecule has 5 nitrogen and oxygen atoms in total. The molecule has 0 unspecified atom stereocenters. The lowest BCUT2D eigenvalue weighted by Crippen LogP contribution is -2.39. The number of para-hydroxylation sites is 1. The van der Waals surface area contributed by atoms with Crippen molar-refractivity contribution in [1.29, 1.82) is 0 Å². The molecule has 1 heterocycles. The number of thioether (sulfide) groups is 1. The lowest BCUT2D eigenvalue weighted by atomic mass is 10.3. The van der Waals surface area contributed by atoms with Crippen molar-refractivity contribution in [3.8, 4) is 0 Å². The van der Waals surface area contributed by atoms with Gasteiger partial charge in [0.15, 0.2) is 5.17 Å². The van der Waals surface area contributed by atoms with Gasteiger partial charge < -0.3 is 14.7 Å². The van der Waals surface area contributed by atoms with Crippen molar-refractivity contribution in [2.24, 2.45) is 4.99 Å². The first-order valence-electron chi connectivity index (χ1n) is 6.57. The predicted octanol–water partition coefficient (Wildman–Crippen LogP) is 2.21. The summed E-state index contributed by atoms with van der Waals surface area (Å²) in [7, 11) is 0. The van der Waals surface area contributed by atoms with Gasteiger partial charge in [0.05, 0.1) is 25.3 Å². The fourth-order valence-corrected chi connectivity index (χ4v) is 2.79. The Morgan fingerprint density at radius 1 is 1.30 bits per heavy atom. The summed E-state index contributed by atoms with van der Waals surface area (Å²) in [4.78, 5) is 17.4. The smallest absolute Gasteiger partial charge is 0.304 e. The molecule has 1 aromatic rings. The van der Waals surface area contributed by atoms with Gasteiger partial charge in [-0.25, -0.2) is 4.99 Å². The molecule has 1 fully saturated rings. The summed E-state index contributed by atoms with van der Waals surface area (Å²) in [5.41, 5.74) is 0.886. The highest BCUT2D eigenvalue weighted by Gasteiger charge is 2.16. The van der Waals surface area contributed by atoms with Gasteiger partial charge in [-0.2, -0.15) is 0 Å². The second-order valence-electron chi connectivity index (χ2n) is 4.32. The number of benzene rings is 1. The SMILES string of the molecule is O=C(O)CCSC(=Nc1ccccc1)N1CCOCC1. The van der Waals surface area contributed by atoms with Crippen LogP contribution in [-0.2, 0) is 9.53 Å². The summed E-state index contributed by atoms with van der Waals surface area (Å²) in [5, 5.41) is 9.62. The molecule has 0 aromatic heterocycles. The maximum Gasteiger partial charge on any atom is 0.304 e. The molecule has 6 heteroatoms. The van der Waals surface area contributed by atoms with Crippen molar-refractivity contribution in [2.45, 2.75) is 6.42 Å². The highest BCUT2D eigenvalue weighted by Crippen LogP contribution is 2.19. The fraction of sp³-hybridized carbons (Fsp3) is 0.429. The Kier molecular flexibility index (Phi) is 5.88. The van der Waals surface area contributed by atoms with E-state index in [4.69, 9.17) is 9.84 Å². The Morgan fingerprint density at radius 3 is 2.65 bits per heavy atom. The van der Waals surface area contributed by atoms with Gasteiger partial charge >= 0.3 is 5.97 Å². The molecule has 1 saturated heterocycles. The van der Waals surface area contributed by atoms with Crippen molar-refractivity contribution >= 4 is 28.6 Å². The minimum Gasteiger partial charge on any atom is -0.481 e. The minimum atomic E-state index is -0.779. The van der Waals surface area contributed by atoms with E-state index in [-0.39, 0.29) is 6.42 Å². The number of morpholine rings is 1. The number of hydrogen-bond donors (Lipinski definition) is 1. The highest BCUT2D eigenvalue weighted by atomic mass is 32.2. The number of aliphatic imine (C=N–C) groups is 1. The molecular weight excluding hydrogens is 276 g/mol. The summed E-state index contributed by atoms with van der Waals surface area (Å²) in [5.74, 6) is -0.253. The normalized spacial score (nSPS) is 16.2. The second-order valence-corrected chi connectivity index (χ2v) is 5.38. The van der Waals surface area contributed by atoms with Gasteiger partial charge in [0, 0.05) is 18.8 Å². The molecule has 0 amide bonds. The number of carboxylic acid groups (broad SMARTS) is 1. The van der Waals surface area contributed by atoms with Crippen LogP contribution in [-0.4, -0.2) is 53.2 Å². The summed E-state index contributed by atoms with van der Waals surface area (Å²) in [6.45, 7) is 2.97. The molecule has 2 rings (SSSR count). The maximum atomic E-state index is 10.6. The van der Waals surface area contributed by atoms with Gasteiger partial charge in [-0.3, -0.25) is 4.79 Å². The number of carbonyl (C=O) groups is 1. The molecular formula is C14H18N2O3S. The van der Waals surface area contributed by atoms with E-state index in [2.05, 4.69) is 9.89 Å². The van der Waals surface area contributed by atoms with Crippen LogP contribution in [0.2, 0.25) is 0 Å². The van der Waals surface area contributed by atoms with Crippen LogP contribution < -0.4 is 0 Å². The van der Waals surface area contributed by atoms with Crippen molar-refractivity contribution in [3.05, 3.63) is 30.3 Å². The van der Waals surface area contributed by atoms with Gasteiger partial charge in [-0.1, -0.05) is 30.0 Å². The zero-order valence-electron chi connectivity index (χ0n) is 11.2. The summed E-state index contributed by atoms with van der Waals surface area (Å²) >= 11 is 1.49. The van der Waals surface area contributed by atoms with Crippen molar-refractivity contribution in [1.82, 2.24) is 4.90 Å².